The standard InChI is InChI=1S/C23H26N2O5.C16H19F3N2O.C14H16N2O2.C14H20N2.C12H13NO4.C11H15NO2.C10H14F3NO.ClH/c1-17(20(26)29-2)25(15-18-9-5-3-6-10-18)21(27)23(13-14-23)24-22(28)30-16-19-11-7-4-8-12-19;1-12-9-21(14(22)16(17,18)19)15(7-8-15)11-20(12)10-13-5-3-2-4-6-13;1-10-12(17)15-14(7-8-14)13(18)16(10)9-11-5-3-2-4-6-11;1-12-9-15-14(7-8-14)11-16(12)10-13-5-3-2-4-6-13;14-10(15)12(6-7-12)13-11(16)17-8-9-4-2-1-3-5-9;1-9(11(13)14-2)12-8-10-6-4-3-5-7-10;1-7-2-3-9(4-5-9)14(6-7)8(15)10(11,12)13;/h3-12,17H,13-16H2,1-2H3,(H,24,28);2-6,12H,7-11H2,1H3;2-6,10H,7-9H2,1H3,(H,15,17);2-6,12,15H,7-11H2,1H3;1-5H,6-8H2,(H,13,16)(H,14,15);3-7,9,12H,8H2,1-2H3;7H,2-6H2,1H3;1H/t17-;12-;10-;12-;;9-;7-;/m1111.10./s1. The summed E-state index contributed by atoms with van der Waals surface area (Å²) in [5, 5.41) is 23.6. The number of carbonyl (C=O) groups is 10. The van der Waals surface area contributed by atoms with Gasteiger partial charge in [-0.25, -0.2) is 19.2 Å². The second-order valence-corrected chi connectivity index (χ2v) is 36.3. The number of carboxylic acid groups (broad SMARTS) is 1. The van der Waals surface area contributed by atoms with Crippen LogP contribution in [0.2, 0.25) is 0 Å². The minimum atomic E-state index is -4.78. The highest BCUT2D eigenvalue weighted by Crippen LogP contribution is 2.51. The Hall–Kier alpha value is -11.5. The molecule has 0 unspecified atom stereocenters. The van der Waals surface area contributed by atoms with Crippen LogP contribution in [0.4, 0.5) is 35.9 Å². The van der Waals surface area contributed by atoms with Gasteiger partial charge in [-0.05, 0) is 169 Å². The Kier molecular flexibility index (Phi) is 35.8. The predicted molar refractivity (Wildman–Crippen MR) is 489 cm³/mol. The van der Waals surface area contributed by atoms with Crippen molar-refractivity contribution in [2.24, 2.45) is 5.92 Å². The first-order valence-corrected chi connectivity index (χ1v) is 45.1. The lowest BCUT2D eigenvalue weighted by molar-refractivity contribution is -0.192. The van der Waals surface area contributed by atoms with E-state index in [-0.39, 0.29) is 93.0 Å². The van der Waals surface area contributed by atoms with Crippen LogP contribution in [0.5, 0.6) is 0 Å². The van der Waals surface area contributed by atoms with E-state index in [0.29, 0.717) is 76.3 Å². The fraction of sp³-hybridized carbons (Fsp3) is 0.480. The number of esters is 2. The van der Waals surface area contributed by atoms with Gasteiger partial charge in [0.1, 0.15) is 48.0 Å². The summed E-state index contributed by atoms with van der Waals surface area (Å²) in [5.74, 6) is -5.19. The number of carbonyl (C=O) groups excluding carboxylic acids is 9. The number of piperazine rings is 3. The molecular weight excluding hydrogens is 1740 g/mol. The van der Waals surface area contributed by atoms with Gasteiger partial charge < -0.3 is 70.2 Å². The van der Waals surface area contributed by atoms with Crippen molar-refractivity contribution < 1.29 is 98.3 Å². The number of hydrogen-bond donors (Lipinski definition) is 6. The van der Waals surface area contributed by atoms with E-state index in [4.69, 9.17) is 19.3 Å². The molecule has 17 rings (SSSR count). The predicted octanol–water partition coefficient (Wildman–Crippen LogP) is 14.6. The summed E-state index contributed by atoms with van der Waals surface area (Å²) in [4.78, 5) is 128. The minimum Gasteiger partial charge on any atom is -0.480 e. The van der Waals surface area contributed by atoms with Crippen LogP contribution in [0.25, 0.3) is 0 Å². The van der Waals surface area contributed by atoms with Crippen LogP contribution in [-0.2, 0) is 103 Å². The fourth-order valence-electron chi connectivity index (χ4n) is 16.5. The molecule has 10 fully saturated rings. The van der Waals surface area contributed by atoms with Crippen LogP contribution in [-0.4, -0.2) is 217 Å². The molecule has 10 aliphatic rings. The molecule has 7 aromatic carbocycles. The number of halogens is 7. The number of nitrogens with zero attached hydrogens (tertiary/aromatic N) is 6. The topological polar surface area (TPSA) is 307 Å². The quantitative estimate of drug-likeness (QED) is 0.0209. The molecule has 7 amide bonds. The van der Waals surface area contributed by atoms with Gasteiger partial charge in [-0.15, -0.1) is 12.4 Å². The van der Waals surface area contributed by atoms with Crippen LogP contribution in [0.15, 0.2) is 212 Å². The third-order valence-corrected chi connectivity index (χ3v) is 25.9. The third kappa shape index (κ3) is 29.3. The Morgan fingerprint density at radius 1 is 0.489 bits per heavy atom. The monoisotopic (exact) mass is 1870 g/mol. The van der Waals surface area contributed by atoms with Gasteiger partial charge in [0.25, 0.3) is 0 Å². The Balaban J connectivity index is 0.000000163. The molecule has 6 aliphatic carbocycles. The van der Waals surface area contributed by atoms with Crippen molar-refractivity contribution in [3.05, 3.63) is 251 Å². The lowest BCUT2D eigenvalue weighted by Crippen LogP contribution is -2.63. The van der Waals surface area contributed by atoms with Crippen LogP contribution >= 0.6 is 12.4 Å². The van der Waals surface area contributed by atoms with Crippen molar-refractivity contribution in [2.45, 2.75) is 253 Å². The minimum absolute atomic E-state index is 0. The highest BCUT2D eigenvalue weighted by molar-refractivity contribution is 6.01. The van der Waals surface area contributed by atoms with Crippen molar-refractivity contribution in [3.63, 3.8) is 0 Å². The van der Waals surface area contributed by atoms with E-state index in [1.165, 1.54) is 44.1 Å². The Morgan fingerprint density at radius 3 is 1.30 bits per heavy atom. The van der Waals surface area contributed by atoms with E-state index in [1.54, 1.807) is 25.7 Å². The lowest BCUT2D eigenvalue weighted by Gasteiger charge is -2.46. The van der Waals surface area contributed by atoms with Gasteiger partial charge in [-0.2, -0.15) is 26.3 Å². The van der Waals surface area contributed by atoms with Crippen molar-refractivity contribution in [3.8, 4) is 0 Å². The van der Waals surface area contributed by atoms with E-state index in [0.717, 1.165) is 94.8 Å². The van der Waals surface area contributed by atoms with E-state index in [2.05, 4.69) is 78.4 Å². The van der Waals surface area contributed by atoms with Crippen molar-refractivity contribution in [1.82, 2.24) is 56.0 Å². The largest absolute Gasteiger partial charge is 0.480 e. The molecule has 4 saturated heterocycles. The van der Waals surface area contributed by atoms with Crippen molar-refractivity contribution in [1.29, 1.82) is 0 Å². The van der Waals surface area contributed by atoms with E-state index >= 15 is 0 Å². The number of alkyl carbamates (subject to hydrolysis) is 2. The first-order valence-electron chi connectivity index (χ1n) is 45.1. The Bertz CT molecular complexity index is 5000. The number of rotatable bonds is 22. The Labute approximate surface area is 779 Å². The van der Waals surface area contributed by atoms with E-state index in [1.807, 2.05) is 196 Å². The van der Waals surface area contributed by atoms with Gasteiger partial charge in [-0.1, -0.05) is 219 Å². The summed E-state index contributed by atoms with van der Waals surface area (Å²) in [6.07, 6.45) is -0.197. The average Bonchev–Trinajstić information content (AvgIpc) is 1.59. The molecule has 133 heavy (non-hydrogen) atoms. The van der Waals surface area contributed by atoms with Gasteiger partial charge in [0, 0.05) is 88.6 Å². The molecule has 7 aromatic rings. The third-order valence-electron chi connectivity index (χ3n) is 25.9. The van der Waals surface area contributed by atoms with Gasteiger partial charge >= 0.3 is 54.3 Å². The highest BCUT2D eigenvalue weighted by atomic mass is 35.5. The molecule has 4 aliphatic heterocycles. The lowest BCUT2D eigenvalue weighted by atomic mass is 9.92. The summed E-state index contributed by atoms with van der Waals surface area (Å²) in [5.41, 5.74) is 4.13. The number of methoxy groups -OCH3 is 2. The number of hydrogen-bond acceptors (Lipinski definition) is 18. The summed E-state index contributed by atoms with van der Waals surface area (Å²) in [6.45, 7) is 18.1. The van der Waals surface area contributed by atoms with Crippen molar-refractivity contribution >= 4 is 72.0 Å². The smallest absolute Gasteiger partial charge is 0.471 e. The fourth-order valence-corrected chi connectivity index (χ4v) is 16.5. The number of nitrogens with one attached hydrogen (secondary N) is 5. The summed E-state index contributed by atoms with van der Waals surface area (Å²) in [7, 11) is 2.68. The summed E-state index contributed by atoms with van der Waals surface area (Å²) in [6, 6.07) is 67.5. The SMILES string of the molecule is COC(=O)[C@@H](C)N(Cc1ccccc1)C(=O)C1(NC(=O)OCc2ccccc2)CC1.COC(=O)[C@@H](C)NCc1ccccc1.C[C@@H]1C(=O)NC2(CC2)C(=O)N1Cc1ccccc1.C[C@@H]1CN(C(=O)C(F)(F)F)C2(CC2)CN1Cc1ccccc1.C[C@@H]1CNC2(CC2)CN1Cc1ccccc1.C[C@H]1CCC2(CC2)N(C(=O)C(F)(F)F)C1.Cl.O=C(NC1(C(=O)O)CC1)OCc1ccccc1. The molecule has 26 nitrogen and oxygen atoms in total. The number of ether oxygens (including phenoxy) is 4. The molecule has 0 aromatic heterocycles. The average molecular weight is 1870 g/mol. The maximum Gasteiger partial charge on any atom is 0.471 e. The van der Waals surface area contributed by atoms with Gasteiger partial charge in [0.15, 0.2) is 0 Å². The van der Waals surface area contributed by atoms with Gasteiger partial charge in [-0.3, -0.25) is 38.6 Å². The number of amides is 7. The van der Waals surface area contributed by atoms with Crippen molar-refractivity contribution in [2.75, 3.05) is 46.9 Å². The van der Waals surface area contributed by atoms with E-state index in [9.17, 15) is 74.3 Å². The van der Waals surface area contributed by atoms with E-state index < -0.39 is 82.0 Å². The number of piperidine rings is 1. The first-order chi connectivity index (χ1) is 62.9. The first kappa shape index (κ1) is 104. The number of alkyl halides is 6. The summed E-state index contributed by atoms with van der Waals surface area (Å²) < 4.78 is 95.0. The van der Waals surface area contributed by atoms with Crippen LogP contribution in [0, 0.1) is 5.92 Å². The number of carboxylic acids is 1. The number of benzene rings is 7. The van der Waals surface area contributed by atoms with Crippen LogP contribution in [0.1, 0.15) is 170 Å². The van der Waals surface area contributed by atoms with Gasteiger partial charge in [0.2, 0.25) is 17.7 Å². The second kappa shape index (κ2) is 46.0. The second-order valence-electron chi connectivity index (χ2n) is 36.3. The maximum atomic E-state index is 13.4. The normalized spacial score (nSPS) is 20.8. The molecule has 6 saturated carbocycles. The molecule has 6 atom stereocenters. The number of aliphatic carboxylic acids is 1. The molecule has 4 heterocycles. The van der Waals surface area contributed by atoms with Gasteiger partial charge in [0.05, 0.1) is 19.8 Å². The number of likely N-dealkylation sites (tertiary alicyclic amines) is 1. The molecule has 718 valence electrons. The molecule has 0 bridgehead atoms. The zero-order valence-corrected chi connectivity index (χ0v) is 77.4. The molecule has 0 radical (unpaired) electrons. The zero-order valence-electron chi connectivity index (χ0n) is 76.6. The molecule has 4 spiro atoms. The molecule has 33 heteroatoms. The maximum absolute atomic E-state index is 13.4. The molecule has 6 N–H and O–H groups in total. The Morgan fingerprint density at radius 2 is 0.895 bits per heavy atom. The zero-order chi connectivity index (χ0) is 95.2. The molecular formula is C100H124ClF6N11O15. The van der Waals surface area contributed by atoms with Crippen LogP contribution in [0.3, 0.4) is 0 Å². The summed E-state index contributed by atoms with van der Waals surface area (Å²) >= 11 is 0. The highest BCUT2D eigenvalue weighted by Gasteiger charge is 2.62. The van der Waals surface area contributed by atoms with Crippen LogP contribution < -0.4 is 26.6 Å².